The standard InChI is InChI=1S/C22H26FN7O3/c1-3-18(31)29-8-4-5-15(12-29)30-13-25-19-20(24)27-22(28-21(19)30)26-14-6-7-17(16(23)11-14)33-10-9-32-2/h3,6-7,11,13,15H,1,4-5,8-10,12H2,2H3,(H3,24,26,27,28). The van der Waals surface area contributed by atoms with Crippen LogP contribution in [0.4, 0.5) is 21.8 Å². The maximum atomic E-state index is 14.4. The lowest BCUT2D eigenvalue weighted by Gasteiger charge is -2.32. The zero-order valence-electron chi connectivity index (χ0n) is 18.3. The van der Waals surface area contributed by atoms with Crippen LogP contribution in [0.1, 0.15) is 18.9 Å². The lowest BCUT2D eigenvalue weighted by molar-refractivity contribution is -0.127. The summed E-state index contributed by atoms with van der Waals surface area (Å²) < 4.78 is 26.5. The number of benzene rings is 1. The first-order valence-electron chi connectivity index (χ1n) is 10.6. The first-order chi connectivity index (χ1) is 16.0. The minimum Gasteiger partial charge on any atom is -0.488 e. The second-order valence-corrected chi connectivity index (χ2v) is 7.65. The summed E-state index contributed by atoms with van der Waals surface area (Å²) in [7, 11) is 1.55. The summed E-state index contributed by atoms with van der Waals surface area (Å²) in [5.74, 6) is -0.0794. The van der Waals surface area contributed by atoms with Gasteiger partial charge in [-0.2, -0.15) is 9.97 Å². The average Bonchev–Trinajstić information content (AvgIpc) is 3.25. The molecule has 0 bridgehead atoms. The number of halogens is 1. The summed E-state index contributed by atoms with van der Waals surface area (Å²) in [6, 6.07) is 4.47. The maximum absolute atomic E-state index is 14.4. The molecule has 1 aliphatic rings. The van der Waals surface area contributed by atoms with Crippen LogP contribution >= 0.6 is 0 Å². The Bertz CT molecular complexity index is 1170. The summed E-state index contributed by atoms with van der Waals surface area (Å²) in [4.78, 5) is 27.0. The molecule has 1 fully saturated rings. The number of hydrogen-bond donors (Lipinski definition) is 2. The van der Waals surface area contributed by atoms with Gasteiger partial charge in [0, 0.05) is 32.0 Å². The molecule has 4 rings (SSSR count). The van der Waals surface area contributed by atoms with E-state index in [0.29, 0.717) is 36.5 Å². The smallest absolute Gasteiger partial charge is 0.246 e. The van der Waals surface area contributed by atoms with Gasteiger partial charge in [-0.1, -0.05) is 6.58 Å². The number of nitrogens with zero attached hydrogens (tertiary/aromatic N) is 5. The Morgan fingerprint density at radius 3 is 3.00 bits per heavy atom. The highest BCUT2D eigenvalue weighted by atomic mass is 19.1. The minimum atomic E-state index is -0.524. The molecule has 0 radical (unpaired) electrons. The molecule has 0 spiro atoms. The number of fused-ring (bicyclic) bond motifs is 1. The number of nitrogens with one attached hydrogen (secondary N) is 1. The van der Waals surface area contributed by atoms with Crippen LogP contribution < -0.4 is 15.8 Å². The molecular formula is C22H26FN7O3. The van der Waals surface area contributed by atoms with E-state index in [4.69, 9.17) is 15.2 Å². The van der Waals surface area contributed by atoms with Gasteiger partial charge in [0.1, 0.15) is 12.1 Å². The molecule has 0 aliphatic carbocycles. The third-order valence-electron chi connectivity index (χ3n) is 5.46. The molecule has 1 aromatic carbocycles. The van der Waals surface area contributed by atoms with Crippen molar-refractivity contribution in [3.05, 3.63) is 43.0 Å². The predicted octanol–water partition coefficient (Wildman–Crippen LogP) is 2.67. The van der Waals surface area contributed by atoms with E-state index in [1.54, 1.807) is 24.4 Å². The van der Waals surface area contributed by atoms with E-state index in [-0.39, 0.29) is 36.1 Å². The Labute approximate surface area is 190 Å². The topological polar surface area (TPSA) is 120 Å². The zero-order chi connectivity index (χ0) is 23.4. The van der Waals surface area contributed by atoms with Gasteiger partial charge in [-0.05, 0) is 31.1 Å². The van der Waals surface area contributed by atoms with E-state index in [0.717, 1.165) is 12.8 Å². The highest BCUT2D eigenvalue weighted by Gasteiger charge is 2.25. The van der Waals surface area contributed by atoms with Crippen molar-refractivity contribution in [2.75, 3.05) is 44.5 Å². The third-order valence-corrected chi connectivity index (χ3v) is 5.46. The Balaban J connectivity index is 1.57. The molecule has 3 aromatic rings. The monoisotopic (exact) mass is 455 g/mol. The van der Waals surface area contributed by atoms with Crippen molar-refractivity contribution in [2.24, 2.45) is 0 Å². The van der Waals surface area contributed by atoms with Crippen LogP contribution in [0.15, 0.2) is 37.2 Å². The van der Waals surface area contributed by atoms with E-state index in [1.165, 1.54) is 18.2 Å². The number of nitrogens with two attached hydrogens (primary N) is 1. The molecule has 1 unspecified atom stereocenters. The quantitative estimate of drug-likeness (QED) is 0.393. The Kier molecular flexibility index (Phi) is 6.68. The number of amides is 1. The number of aromatic nitrogens is 4. The zero-order valence-corrected chi connectivity index (χ0v) is 18.3. The molecule has 0 saturated carbocycles. The fraction of sp³-hybridized carbons (Fsp3) is 0.364. The van der Waals surface area contributed by atoms with Crippen molar-refractivity contribution in [2.45, 2.75) is 18.9 Å². The molecular weight excluding hydrogens is 429 g/mol. The number of ether oxygens (including phenoxy) is 2. The van der Waals surface area contributed by atoms with Gasteiger partial charge in [0.2, 0.25) is 11.9 Å². The first-order valence-corrected chi connectivity index (χ1v) is 10.6. The van der Waals surface area contributed by atoms with Crippen molar-refractivity contribution in [1.82, 2.24) is 24.4 Å². The average molecular weight is 455 g/mol. The van der Waals surface area contributed by atoms with Crippen LogP contribution in [0.3, 0.4) is 0 Å². The van der Waals surface area contributed by atoms with Crippen LogP contribution in [0.5, 0.6) is 5.75 Å². The third kappa shape index (κ3) is 4.87. The van der Waals surface area contributed by atoms with E-state index in [9.17, 15) is 9.18 Å². The van der Waals surface area contributed by atoms with Crippen LogP contribution in [-0.4, -0.2) is 63.7 Å². The molecule has 3 N–H and O–H groups in total. The number of piperidine rings is 1. The van der Waals surface area contributed by atoms with E-state index in [1.807, 2.05) is 4.57 Å². The van der Waals surface area contributed by atoms with Gasteiger partial charge in [0.25, 0.3) is 0 Å². The van der Waals surface area contributed by atoms with Crippen LogP contribution in [0.2, 0.25) is 0 Å². The molecule has 1 amide bonds. The molecule has 2 aromatic heterocycles. The SMILES string of the molecule is C=CC(=O)N1CCCC(n2cnc3c(N)nc(Nc4ccc(OCCOC)c(F)c4)nc32)C1. The Morgan fingerprint density at radius 1 is 1.39 bits per heavy atom. The highest BCUT2D eigenvalue weighted by molar-refractivity contribution is 5.87. The second-order valence-electron chi connectivity index (χ2n) is 7.65. The van der Waals surface area contributed by atoms with Crippen molar-refractivity contribution in [3.8, 4) is 5.75 Å². The number of carbonyl (C=O) groups excluding carboxylic acids is 1. The van der Waals surface area contributed by atoms with E-state index in [2.05, 4.69) is 26.8 Å². The van der Waals surface area contributed by atoms with Crippen molar-refractivity contribution in [1.29, 1.82) is 0 Å². The molecule has 1 aliphatic heterocycles. The number of carbonyl (C=O) groups is 1. The normalized spacial score (nSPS) is 16.1. The fourth-order valence-electron chi connectivity index (χ4n) is 3.83. The summed E-state index contributed by atoms with van der Waals surface area (Å²) in [5.41, 5.74) is 7.58. The highest BCUT2D eigenvalue weighted by Crippen LogP contribution is 2.28. The summed E-state index contributed by atoms with van der Waals surface area (Å²) >= 11 is 0. The van der Waals surface area contributed by atoms with Gasteiger partial charge < -0.3 is 30.0 Å². The number of anilines is 3. The fourth-order valence-corrected chi connectivity index (χ4v) is 3.83. The summed E-state index contributed by atoms with van der Waals surface area (Å²) in [6.45, 7) is 5.40. The number of hydrogen-bond acceptors (Lipinski definition) is 8. The van der Waals surface area contributed by atoms with Gasteiger partial charge in [0.05, 0.1) is 19.0 Å². The molecule has 11 heteroatoms. The summed E-state index contributed by atoms with van der Waals surface area (Å²) in [5, 5.41) is 2.99. The first kappa shape index (κ1) is 22.5. The second kappa shape index (κ2) is 9.82. The van der Waals surface area contributed by atoms with Crippen LogP contribution in [0.25, 0.3) is 11.2 Å². The van der Waals surface area contributed by atoms with Crippen molar-refractivity contribution >= 4 is 34.5 Å². The molecule has 10 nitrogen and oxygen atoms in total. The van der Waals surface area contributed by atoms with Crippen LogP contribution in [0, 0.1) is 5.82 Å². The molecule has 1 saturated heterocycles. The van der Waals surface area contributed by atoms with Crippen LogP contribution in [-0.2, 0) is 9.53 Å². The number of likely N-dealkylation sites (tertiary alicyclic amines) is 1. The van der Waals surface area contributed by atoms with Crippen molar-refractivity contribution in [3.63, 3.8) is 0 Å². The van der Waals surface area contributed by atoms with Gasteiger partial charge in [0.15, 0.2) is 23.0 Å². The molecule has 3 heterocycles. The predicted molar refractivity (Wildman–Crippen MR) is 122 cm³/mol. The number of nitrogen functional groups attached to an aromatic ring is 1. The van der Waals surface area contributed by atoms with E-state index < -0.39 is 5.82 Å². The number of rotatable bonds is 8. The molecule has 33 heavy (non-hydrogen) atoms. The van der Waals surface area contributed by atoms with Gasteiger partial charge in [-0.15, -0.1) is 0 Å². The van der Waals surface area contributed by atoms with Gasteiger partial charge in [-0.3, -0.25) is 4.79 Å². The number of methoxy groups -OCH3 is 1. The maximum Gasteiger partial charge on any atom is 0.246 e. The summed E-state index contributed by atoms with van der Waals surface area (Å²) in [6.07, 6.45) is 4.71. The lowest BCUT2D eigenvalue weighted by atomic mass is 10.1. The largest absolute Gasteiger partial charge is 0.488 e. The van der Waals surface area contributed by atoms with Crippen molar-refractivity contribution < 1.29 is 18.7 Å². The van der Waals surface area contributed by atoms with E-state index >= 15 is 0 Å². The Morgan fingerprint density at radius 2 is 2.24 bits per heavy atom. The minimum absolute atomic E-state index is 0.00391. The number of imidazole rings is 1. The molecule has 174 valence electrons. The Hall–Kier alpha value is -3.73. The van der Waals surface area contributed by atoms with Gasteiger partial charge >= 0.3 is 0 Å². The molecule has 1 atom stereocenters. The van der Waals surface area contributed by atoms with Gasteiger partial charge in [-0.25, -0.2) is 9.37 Å². The lowest BCUT2D eigenvalue weighted by Crippen LogP contribution is -2.39.